The second kappa shape index (κ2) is 5.98. The average molecular weight is 267 g/mol. The summed E-state index contributed by atoms with van der Waals surface area (Å²) in [5.74, 6) is 0.208. The van der Waals surface area contributed by atoms with Gasteiger partial charge in [0.05, 0.1) is 11.5 Å². The van der Waals surface area contributed by atoms with E-state index < -0.39 is 4.92 Å². The summed E-state index contributed by atoms with van der Waals surface area (Å²) >= 11 is 0. The lowest BCUT2D eigenvalue weighted by atomic mass is 10.3. The van der Waals surface area contributed by atoms with Gasteiger partial charge in [-0.3, -0.25) is 14.9 Å². The zero-order valence-corrected chi connectivity index (χ0v) is 11.2. The van der Waals surface area contributed by atoms with E-state index >= 15 is 0 Å². The fourth-order valence-electron chi connectivity index (χ4n) is 1.45. The number of pyridine rings is 1. The van der Waals surface area contributed by atoms with Gasteiger partial charge in [0.1, 0.15) is 5.82 Å². The minimum atomic E-state index is -0.590. The van der Waals surface area contributed by atoms with Gasteiger partial charge in [-0.05, 0) is 13.0 Å². The van der Waals surface area contributed by atoms with Crippen LogP contribution in [0, 0.1) is 10.1 Å². The molecule has 0 fully saturated rings. The Kier molecular flexibility index (Phi) is 4.62. The second-order valence-electron chi connectivity index (χ2n) is 4.13. The van der Waals surface area contributed by atoms with Crippen molar-refractivity contribution in [2.75, 3.05) is 37.8 Å². The van der Waals surface area contributed by atoms with Crippen molar-refractivity contribution < 1.29 is 9.72 Å². The fraction of sp³-hybridized carbons (Fsp3) is 0.455. The molecule has 1 aromatic rings. The van der Waals surface area contributed by atoms with Crippen molar-refractivity contribution in [3.05, 3.63) is 22.2 Å². The highest BCUT2D eigenvalue weighted by Crippen LogP contribution is 2.22. The number of nitrogens with two attached hydrogens (primary N) is 1. The first-order chi connectivity index (χ1) is 8.86. The molecule has 0 radical (unpaired) electrons. The molecule has 104 valence electrons. The Bertz CT molecular complexity index is 489. The third kappa shape index (κ3) is 3.54. The van der Waals surface area contributed by atoms with Crippen molar-refractivity contribution in [3.8, 4) is 0 Å². The highest BCUT2D eigenvalue weighted by molar-refractivity contribution is 5.80. The molecule has 0 bridgehead atoms. The summed E-state index contributed by atoms with van der Waals surface area (Å²) in [6, 6.07) is 2.78. The number of amides is 1. The molecule has 0 aliphatic heterocycles. The fourth-order valence-corrected chi connectivity index (χ4v) is 1.45. The molecular weight excluding hydrogens is 250 g/mol. The molecule has 0 aliphatic rings. The SMILES string of the molecule is CCN(CC(=O)N(C)C)c1ccc([N+](=O)[O-])c(N)n1. The lowest BCUT2D eigenvalue weighted by molar-refractivity contribution is -0.384. The average Bonchev–Trinajstić information content (AvgIpc) is 2.34. The van der Waals surface area contributed by atoms with Crippen LogP contribution in [0.25, 0.3) is 0 Å². The van der Waals surface area contributed by atoms with Crippen LogP contribution in [-0.4, -0.2) is 47.9 Å². The zero-order valence-electron chi connectivity index (χ0n) is 11.2. The second-order valence-corrected chi connectivity index (χ2v) is 4.13. The summed E-state index contributed by atoms with van der Waals surface area (Å²) in [5.41, 5.74) is 5.29. The number of nitrogens with zero attached hydrogens (tertiary/aromatic N) is 4. The van der Waals surface area contributed by atoms with Crippen molar-refractivity contribution in [2.45, 2.75) is 6.92 Å². The van der Waals surface area contributed by atoms with Crippen LogP contribution in [-0.2, 0) is 4.79 Å². The summed E-state index contributed by atoms with van der Waals surface area (Å²) in [5, 5.41) is 10.7. The van der Waals surface area contributed by atoms with Gasteiger partial charge in [0.2, 0.25) is 11.7 Å². The van der Waals surface area contributed by atoms with Crippen molar-refractivity contribution in [3.63, 3.8) is 0 Å². The third-order valence-electron chi connectivity index (χ3n) is 2.62. The Morgan fingerprint density at radius 3 is 2.53 bits per heavy atom. The monoisotopic (exact) mass is 267 g/mol. The maximum absolute atomic E-state index is 11.7. The summed E-state index contributed by atoms with van der Waals surface area (Å²) in [6.45, 7) is 2.56. The summed E-state index contributed by atoms with van der Waals surface area (Å²) in [4.78, 5) is 28.9. The summed E-state index contributed by atoms with van der Waals surface area (Å²) < 4.78 is 0. The molecule has 1 aromatic heterocycles. The molecule has 0 aromatic carbocycles. The molecular formula is C11H17N5O3. The van der Waals surface area contributed by atoms with Crippen LogP contribution < -0.4 is 10.6 Å². The predicted octanol–water partition coefficient (Wildman–Crippen LogP) is 0.486. The van der Waals surface area contributed by atoms with Gasteiger partial charge in [-0.2, -0.15) is 0 Å². The van der Waals surface area contributed by atoms with Crippen molar-refractivity contribution in [2.24, 2.45) is 0 Å². The highest BCUT2D eigenvalue weighted by Gasteiger charge is 2.17. The quantitative estimate of drug-likeness (QED) is 0.614. The summed E-state index contributed by atoms with van der Waals surface area (Å²) in [6.07, 6.45) is 0. The van der Waals surface area contributed by atoms with Crippen LogP contribution in [0.4, 0.5) is 17.3 Å². The molecule has 0 atom stereocenters. The molecule has 19 heavy (non-hydrogen) atoms. The van der Waals surface area contributed by atoms with Crippen LogP contribution in [0.5, 0.6) is 0 Å². The van der Waals surface area contributed by atoms with Gasteiger partial charge >= 0.3 is 5.69 Å². The van der Waals surface area contributed by atoms with Crippen LogP contribution in [0.1, 0.15) is 6.92 Å². The van der Waals surface area contributed by atoms with Crippen molar-refractivity contribution in [1.82, 2.24) is 9.88 Å². The van der Waals surface area contributed by atoms with E-state index in [9.17, 15) is 14.9 Å². The Morgan fingerprint density at radius 1 is 1.47 bits per heavy atom. The van der Waals surface area contributed by atoms with E-state index in [1.165, 1.54) is 17.0 Å². The Morgan fingerprint density at radius 2 is 2.11 bits per heavy atom. The van der Waals surface area contributed by atoms with Gasteiger partial charge in [0.25, 0.3) is 0 Å². The number of carbonyl (C=O) groups is 1. The topological polar surface area (TPSA) is 106 Å². The number of aromatic nitrogens is 1. The molecule has 1 amide bonds. The molecule has 0 saturated heterocycles. The van der Waals surface area contributed by atoms with Crippen molar-refractivity contribution >= 4 is 23.2 Å². The number of anilines is 2. The molecule has 0 unspecified atom stereocenters. The number of carbonyl (C=O) groups excluding carboxylic acids is 1. The molecule has 2 N–H and O–H groups in total. The van der Waals surface area contributed by atoms with Crippen LogP contribution in [0.2, 0.25) is 0 Å². The number of rotatable bonds is 5. The first-order valence-corrected chi connectivity index (χ1v) is 5.72. The van der Waals surface area contributed by atoms with E-state index in [1.54, 1.807) is 19.0 Å². The molecule has 8 nitrogen and oxygen atoms in total. The van der Waals surface area contributed by atoms with Crippen LogP contribution in [0.15, 0.2) is 12.1 Å². The Labute approximate surface area is 111 Å². The van der Waals surface area contributed by atoms with Gasteiger partial charge in [-0.25, -0.2) is 4.98 Å². The van der Waals surface area contributed by atoms with E-state index in [0.29, 0.717) is 12.4 Å². The van der Waals surface area contributed by atoms with Gasteiger partial charge in [0.15, 0.2) is 0 Å². The minimum absolute atomic E-state index is 0.0828. The number of hydrogen-bond donors (Lipinski definition) is 1. The first kappa shape index (κ1) is 14.7. The van der Waals surface area contributed by atoms with E-state index in [4.69, 9.17) is 5.73 Å². The third-order valence-corrected chi connectivity index (χ3v) is 2.62. The van der Waals surface area contributed by atoms with E-state index in [2.05, 4.69) is 4.98 Å². The standard InChI is InChI=1S/C11H17N5O3/c1-4-15(7-10(17)14(2)3)9-6-5-8(16(18)19)11(12)13-9/h5-6H,4,7H2,1-3H3,(H2,12,13). The van der Waals surface area contributed by atoms with Crippen molar-refractivity contribution in [1.29, 1.82) is 0 Å². The van der Waals surface area contributed by atoms with E-state index in [1.807, 2.05) is 6.92 Å². The zero-order chi connectivity index (χ0) is 14.6. The van der Waals surface area contributed by atoms with Gasteiger partial charge < -0.3 is 15.5 Å². The van der Waals surface area contributed by atoms with Crippen LogP contribution >= 0.6 is 0 Å². The molecule has 8 heteroatoms. The first-order valence-electron chi connectivity index (χ1n) is 5.72. The smallest absolute Gasteiger partial charge is 0.311 e. The number of likely N-dealkylation sites (N-methyl/N-ethyl adjacent to an activating group) is 2. The molecule has 0 aliphatic carbocycles. The predicted molar refractivity (Wildman–Crippen MR) is 71.9 cm³/mol. The maximum Gasteiger partial charge on any atom is 0.311 e. The lowest BCUT2D eigenvalue weighted by Gasteiger charge is -2.23. The molecule has 1 heterocycles. The molecule has 0 saturated carbocycles. The van der Waals surface area contributed by atoms with Gasteiger partial charge in [-0.15, -0.1) is 0 Å². The van der Waals surface area contributed by atoms with Gasteiger partial charge in [0, 0.05) is 26.7 Å². The van der Waals surface area contributed by atoms with E-state index in [0.717, 1.165) is 0 Å². The van der Waals surface area contributed by atoms with E-state index in [-0.39, 0.29) is 24.0 Å². The largest absolute Gasteiger partial charge is 0.378 e. The lowest BCUT2D eigenvalue weighted by Crippen LogP contribution is -2.37. The maximum atomic E-state index is 11.7. The van der Waals surface area contributed by atoms with Crippen LogP contribution in [0.3, 0.4) is 0 Å². The summed E-state index contributed by atoms with van der Waals surface area (Å²) in [7, 11) is 3.32. The highest BCUT2D eigenvalue weighted by atomic mass is 16.6. The molecule has 1 rings (SSSR count). The minimum Gasteiger partial charge on any atom is -0.378 e. The normalized spacial score (nSPS) is 10.1. The number of nitrogen functional groups attached to an aromatic ring is 1. The van der Waals surface area contributed by atoms with Gasteiger partial charge in [-0.1, -0.05) is 0 Å². The molecule has 0 spiro atoms. The number of nitro groups is 1. The Hall–Kier alpha value is -2.38. The Balaban J connectivity index is 2.97. The number of hydrogen-bond acceptors (Lipinski definition) is 6.